The highest BCUT2D eigenvalue weighted by atomic mass is 16.2. The van der Waals surface area contributed by atoms with E-state index in [-0.39, 0.29) is 11.8 Å². The van der Waals surface area contributed by atoms with Crippen LogP contribution in [0, 0.1) is 5.92 Å². The van der Waals surface area contributed by atoms with Crippen LogP contribution in [0.4, 0.5) is 11.4 Å². The topological polar surface area (TPSA) is 58.4 Å². The summed E-state index contributed by atoms with van der Waals surface area (Å²) < 4.78 is 0. The van der Waals surface area contributed by atoms with Crippen LogP contribution in [0.3, 0.4) is 0 Å². The number of benzene rings is 1. The Balaban J connectivity index is 2.05. The molecule has 21 heavy (non-hydrogen) atoms. The molecular formula is C17H27N3O. The van der Waals surface area contributed by atoms with Crippen LogP contribution in [-0.4, -0.2) is 25.0 Å². The smallest absolute Gasteiger partial charge is 0.241 e. The maximum atomic E-state index is 12.0. The average Bonchev–Trinajstić information content (AvgIpc) is 2.75. The second-order valence-electron chi connectivity index (χ2n) is 6.21. The summed E-state index contributed by atoms with van der Waals surface area (Å²) in [6.45, 7) is 6.11. The van der Waals surface area contributed by atoms with E-state index in [0.717, 1.165) is 18.8 Å². The minimum atomic E-state index is -0.466. The van der Waals surface area contributed by atoms with Crippen LogP contribution in [0.2, 0.25) is 0 Å². The molecule has 1 heterocycles. The zero-order valence-corrected chi connectivity index (χ0v) is 13.1. The van der Waals surface area contributed by atoms with Crippen LogP contribution in [0.1, 0.15) is 39.5 Å². The van der Waals surface area contributed by atoms with E-state index in [0.29, 0.717) is 0 Å². The molecule has 0 aromatic heterocycles. The molecular weight excluding hydrogens is 262 g/mol. The van der Waals surface area contributed by atoms with Crippen LogP contribution >= 0.6 is 0 Å². The molecule has 0 saturated carbocycles. The second kappa shape index (κ2) is 7.46. The Morgan fingerprint density at radius 1 is 1.19 bits per heavy atom. The van der Waals surface area contributed by atoms with E-state index in [1.54, 1.807) is 0 Å². The summed E-state index contributed by atoms with van der Waals surface area (Å²) in [6, 6.07) is 7.62. The minimum Gasteiger partial charge on any atom is -0.371 e. The zero-order valence-electron chi connectivity index (χ0n) is 13.1. The van der Waals surface area contributed by atoms with Crippen LogP contribution in [0.25, 0.3) is 0 Å². The number of carbonyl (C=O) groups excluding carboxylic acids is 1. The lowest BCUT2D eigenvalue weighted by Crippen LogP contribution is -2.39. The van der Waals surface area contributed by atoms with Crippen molar-refractivity contribution >= 4 is 17.3 Å². The lowest BCUT2D eigenvalue weighted by Gasteiger charge is -2.23. The molecule has 1 aromatic rings. The van der Waals surface area contributed by atoms with Crippen molar-refractivity contribution in [1.29, 1.82) is 0 Å². The van der Waals surface area contributed by atoms with Gasteiger partial charge in [0.2, 0.25) is 5.91 Å². The lowest BCUT2D eigenvalue weighted by atomic mass is 10.0. The van der Waals surface area contributed by atoms with Gasteiger partial charge < -0.3 is 16.0 Å². The number of carbonyl (C=O) groups is 1. The van der Waals surface area contributed by atoms with Gasteiger partial charge >= 0.3 is 0 Å². The lowest BCUT2D eigenvalue weighted by molar-refractivity contribution is -0.118. The highest BCUT2D eigenvalue weighted by Crippen LogP contribution is 2.23. The average molecular weight is 289 g/mol. The fourth-order valence-corrected chi connectivity index (χ4v) is 2.64. The second-order valence-corrected chi connectivity index (χ2v) is 6.21. The predicted molar refractivity (Wildman–Crippen MR) is 88.6 cm³/mol. The molecule has 2 rings (SSSR count). The number of hydrogen-bond donors (Lipinski definition) is 2. The van der Waals surface area contributed by atoms with E-state index in [2.05, 4.69) is 22.3 Å². The Morgan fingerprint density at radius 2 is 1.86 bits per heavy atom. The monoisotopic (exact) mass is 289 g/mol. The fourth-order valence-electron chi connectivity index (χ4n) is 2.64. The summed E-state index contributed by atoms with van der Waals surface area (Å²) >= 11 is 0. The molecule has 1 amide bonds. The third-order valence-electron chi connectivity index (χ3n) is 4.11. The summed E-state index contributed by atoms with van der Waals surface area (Å²) in [5, 5.41) is 2.93. The van der Waals surface area contributed by atoms with Gasteiger partial charge in [0.1, 0.15) is 0 Å². The fraction of sp³-hybridized carbons (Fsp3) is 0.588. The normalized spacial score (nSPS) is 17.4. The Morgan fingerprint density at radius 3 is 2.48 bits per heavy atom. The van der Waals surface area contributed by atoms with Crippen molar-refractivity contribution in [2.75, 3.05) is 23.3 Å². The van der Waals surface area contributed by atoms with E-state index in [4.69, 9.17) is 5.73 Å². The van der Waals surface area contributed by atoms with Crippen LogP contribution in [0.15, 0.2) is 24.3 Å². The highest BCUT2D eigenvalue weighted by Gasteiger charge is 2.17. The molecule has 0 aliphatic carbocycles. The Kier molecular flexibility index (Phi) is 5.62. The van der Waals surface area contributed by atoms with Crippen molar-refractivity contribution in [3.63, 3.8) is 0 Å². The number of rotatable bonds is 4. The van der Waals surface area contributed by atoms with E-state index in [1.807, 2.05) is 26.0 Å². The summed E-state index contributed by atoms with van der Waals surface area (Å²) in [4.78, 5) is 14.5. The highest BCUT2D eigenvalue weighted by molar-refractivity contribution is 5.95. The van der Waals surface area contributed by atoms with Crippen molar-refractivity contribution in [2.24, 2.45) is 11.7 Å². The van der Waals surface area contributed by atoms with Gasteiger partial charge in [0.05, 0.1) is 6.04 Å². The first-order chi connectivity index (χ1) is 10.1. The van der Waals surface area contributed by atoms with Gasteiger partial charge in [-0.05, 0) is 37.0 Å². The zero-order chi connectivity index (χ0) is 15.2. The summed E-state index contributed by atoms with van der Waals surface area (Å²) in [6.07, 6.45) is 5.12. The van der Waals surface area contributed by atoms with Crippen molar-refractivity contribution in [2.45, 2.75) is 45.6 Å². The summed E-state index contributed by atoms with van der Waals surface area (Å²) in [5.74, 6) is 0.0248. The van der Waals surface area contributed by atoms with Gasteiger partial charge in [0.25, 0.3) is 0 Å². The van der Waals surface area contributed by atoms with Crippen molar-refractivity contribution < 1.29 is 4.79 Å². The van der Waals surface area contributed by atoms with Crippen molar-refractivity contribution in [3.8, 4) is 0 Å². The van der Waals surface area contributed by atoms with Gasteiger partial charge in [0.15, 0.2) is 0 Å². The number of nitrogens with one attached hydrogen (secondary N) is 1. The Bertz CT molecular complexity index is 465. The molecule has 0 bridgehead atoms. The Labute approximate surface area is 127 Å². The quantitative estimate of drug-likeness (QED) is 0.896. The number of amides is 1. The standard InChI is InChI=1S/C17H27N3O/c1-13(2)16(18)17(21)19-14-8-7-9-15(12-14)20-10-5-3-4-6-11-20/h7-9,12-13,16H,3-6,10-11,18H2,1-2H3,(H,19,21)/t16-/m0/s1. The van der Waals surface area contributed by atoms with Gasteiger partial charge in [0, 0.05) is 24.5 Å². The van der Waals surface area contributed by atoms with Crippen molar-refractivity contribution in [1.82, 2.24) is 0 Å². The molecule has 1 fully saturated rings. The largest absolute Gasteiger partial charge is 0.371 e. The molecule has 4 nitrogen and oxygen atoms in total. The van der Waals surface area contributed by atoms with Crippen LogP contribution in [0.5, 0.6) is 0 Å². The van der Waals surface area contributed by atoms with Gasteiger partial charge in [-0.15, -0.1) is 0 Å². The third kappa shape index (κ3) is 4.46. The van der Waals surface area contributed by atoms with Crippen LogP contribution in [-0.2, 0) is 4.79 Å². The van der Waals surface area contributed by atoms with E-state index < -0.39 is 6.04 Å². The van der Waals surface area contributed by atoms with Crippen molar-refractivity contribution in [3.05, 3.63) is 24.3 Å². The molecule has 1 aromatic carbocycles. The molecule has 1 aliphatic rings. The van der Waals surface area contributed by atoms with Crippen LogP contribution < -0.4 is 16.0 Å². The number of hydrogen-bond acceptors (Lipinski definition) is 3. The first-order valence-electron chi connectivity index (χ1n) is 7.99. The maximum absolute atomic E-state index is 12.0. The minimum absolute atomic E-state index is 0.113. The van der Waals surface area contributed by atoms with Gasteiger partial charge in [-0.2, -0.15) is 0 Å². The molecule has 116 valence electrons. The predicted octanol–water partition coefficient (Wildman–Crippen LogP) is 2.99. The summed E-state index contributed by atoms with van der Waals surface area (Å²) in [5.41, 5.74) is 7.91. The first kappa shape index (κ1) is 15.8. The third-order valence-corrected chi connectivity index (χ3v) is 4.11. The summed E-state index contributed by atoms with van der Waals surface area (Å²) in [7, 11) is 0. The van der Waals surface area contributed by atoms with E-state index in [9.17, 15) is 4.79 Å². The van der Waals surface area contributed by atoms with Gasteiger partial charge in [-0.3, -0.25) is 4.79 Å². The SMILES string of the molecule is CC(C)[C@H](N)C(=O)Nc1cccc(N2CCCCCC2)c1. The maximum Gasteiger partial charge on any atom is 0.241 e. The first-order valence-corrected chi connectivity index (χ1v) is 7.99. The molecule has 1 atom stereocenters. The molecule has 1 aliphatic heterocycles. The van der Waals surface area contributed by atoms with E-state index >= 15 is 0 Å². The molecule has 1 saturated heterocycles. The van der Waals surface area contributed by atoms with E-state index in [1.165, 1.54) is 31.4 Å². The Hall–Kier alpha value is -1.55. The van der Waals surface area contributed by atoms with Gasteiger partial charge in [-0.25, -0.2) is 0 Å². The number of nitrogens with two attached hydrogens (primary N) is 1. The number of anilines is 2. The molecule has 0 unspecified atom stereocenters. The molecule has 4 heteroatoms. The van der Waals surface area contributed by atoms with Gasteiger partial charge in [-0.1, -0.05) is 32.8 Å². The molecule has 0 radical (unpaired) electrons. The molecule has 3 N–H and O–H groups in total. The number of nitrogens with zero attached hydrogens (tertiary/aromatic N) is 1. The molecule has 0 spiro atoms.